The van der Waals surface area contributed by atoms with Crippen LogP contribution >= 0.6 is 0 Å². The number of ether oxygens (including phenoxy) is 2. The molecule has 0 aromatic heterocycles. The van der Waals surface area contributed by atoms with Gasteiger partial charge in [0.25, 0.3) is 0 Å². The van der Waals surface area contributed by atoms with Crippen molar-refractivity contribution in [2.24, 2.45) is 11.8 Å². The summed E-state index contributed by atoms with van der Waals surface area (Å²) in [6, 6.07) is 0. The monoisotopic (exact) mass is 214 g/mol. The van der Waals surface area contributed by atoms with E-state index in [2.05, 4.69) is 6.92 Å². The van der Waals surface area contributed by atoms with Crippen molar-refractivity contribution in [2.75, 3.05) is 7.11 Å². The van der Waals surface area contributed by atoms with Gasteiger partial charge in [-0.1, -0.05) is 6.92 Å². The van der Waals surface area contributed by atoms with E-state index in [9.17, 15) is 4.79 Å². The average Bonchev–Trinajstić information content (AvgIpc) is 2.17. The number of rotatable bonds is 3. The Morgan fingerprint density at radius 1 is 1.33 bits per heavy atom. The van der Waals surface area contributed by atoms with Crippen LogP contribution in [-0.4, -0.2) is 25.3 Å². The van der Waals surface area contributed by atoms with Crippen LogP contribution in [0.15, 0.2) is 0 Å². The van der Waals surface area contributed by atoms with E-state index in [0.717, 1.165) is 19.3 Å². The van der Waals surface area contributed by atoms with Crippen molar-refractivity contribution < 1.29 is 14.3 Å². The van der Waals surface area contributed by atoms with Crippen molar-refractivity contribution in [3.8, 4) is 0 Å². The molecule has 1 rings (SSSR count). The molecule has 0 saturated heterocycles. The lowest BCUT2D eigenvalue weighted by Crippen LogP contribution is -2.34. The largest absolute Gasteiger partial charge is 0.463 e. The Morgan fingerprint density at radius 3 is 2.53 bits per heavy atom. The Bertz CT molecular complexity index is 213. The molecule has 1 saturated carbocycles. The molecule has 3 heteroatoms. The summed E-state index contributed by atoms with van der Waals surface area (Å²) in [6.07, 6.45) is 3.13. The zero-order chi connectivity index (χ0) is 11.4. The average molecular weight is 214 g/mol. The van der Waals surface area contributed by atoms with Gasteiger partial charge in [-0.25, -0.2) is 0 Å². The first-order chi connectivity index (χ1) is 7.04. The maximum Gasteiger partial charge on any atom is 0.309 e. The number of esters is 1. The van der Waals surface area contributed by atoms with Gasteiger partial charge >= 0.3 is 5.97 Å². The maximum absolute atomic E-state index is 11.8. The third kappa shape index (κ3) is 3.49. The van der Waals surface area contributed by atoms with Gasteiger partial charge in [-0.2, -0.15) is 0 Å². The molecule has 0 radical (unpaired) electrons. The molecule has 3 nitrogen and oxygen atoms in total. The first-order valence-corrected chi connectivity index (χ1v) is 5.77. The molecular weight excluding hydrogens is 192 g/mol. The van der Waals surface area contributed by atoms with Crippen LogP contribution in [0.1, 0.15) is 40.0 Å². The summed E-state index contributed by atoms with van der Waals surface area (Å²) >= 11 is 0. The molecular formula is C12H22O3. The van der Waals surface area contributed by atoms with Crippen LogP contribution < -0.4 is 0 Å². The SMILES string of the molecule is COC1CCC(C)C(C(=O)OC(C)C)C1. The minimum atomic E-state index is -0.0562. The number of methoxy groups -OCH3 is 1. The van der Waals surface area contributed by atoms with Crippen molar-refractivity contribution >= 4 is 5.97 Å². The summed E-state index contributed by atoms with van der Waals surface area (Å²) < 4.78 is 10.6. The fourth-order valence-corrected chi connectivity index (χ4v) is 2.15. The van der Waals surface area contributed by atoms with Crippen molar-refractivity contribution in [1.82, 2.24) is 0 Å². The van der Waals surface area contributed by atoms with E-state index in [-0.39, 0.29) is 24.1 Å². The van der Waals surface area contributed by atoms with Crippen LogP contribution in [0.2, 0.25) is 0 Å². The summed E-state index contributed by atoms with van der Waals surface area (Å²) in [5.41, 5.74) is 0. The second-order valence-electron chi connectivity index (χ2n) is 4.74. The van der Waals surface area contributed by atoms with Gasteiger partial charge in [0.15, 0.2) is 0 Å². The maximum atomic E-state index is 11.8. The van der Waals surface area contributed by atoms with E-state index in [1.807, 2.05) is 13.8 Å². The molecule has 0 heterocycles. The topological polar surface area (TPSA) is 35.5 Å². The van der Waals surface area contributed by atoms with E-state index in [1.54, 1.807) is 7.11 Å². The lowest BCUT2D eigenvalue weighted by molar-refractivity contribution is -0.157. The molecule has 0 aromatic carbocycles. The van der Waals surface area contributed by atoms with Gasteiger partial charge in [-0.3, -0.25) is 4.79 Å². The third-order valence-corrected chi connectivity index (χ3v) is 3.14. The second kappa shape index (κ2) is 5.50. The predicted molar refractivity (Wildman–Crippen MR) is 58.5 cm³/mol. The molecule has 88 valence electrons. The number of hydrogen-bond acceptors (Lipinski definition) is 3. The predicted octanol–water partition coefficient (Wildman–Crippen LogP) is 2.39. The van der Waals surface area contributed by atoms with E-state index >= 15 is 0 Å². The molecule has 0 N–H and O–H groups in total. The smallest absolute Gasteiger partial charge is 0.309 e. The Labute approximate surface area is 92.1 Å². The Morgan fingerprint density at radius 2 is 2.00 bits per heavy atom. The highest BCUT2D eigenvalue weighted by molar-refractivity contribution is 5.73. The molecule has 0 amide bonds. The summed E-state index contributed by atoms with van der Waals surface area (Å²) in [4.78, 5) is 11.8. The molecule has 0 bridgehead atoms. The standard InChI is InChI=1S/C12H22O3/c1-8(2)15-12(13)11-7-10(14-4)6-5-9(11)3/h8-11H,5-7H2,1-4H3. The van der Waals surface area contributed by atoms with Crippen molar-refractivity contribution in [1.29, 1.82) is 0 Å². The van der Waals surface area contributed by atoms with Crippen molar-refractivity contribution in [3.63, 3.8) is 0 Å². The molecule has 3 unspecified atom stereocenters. The van der Waals surface area contributed by atoms with Gasteiger partial charge < -0.3 is 9.47 Å². The lowest BCUT2D eigenvalue weighted by Gasteiger charge is -2.32. The van der Waals surface area contributed by atoms with Crippen LogP contribution in [-0.2, 0) is 14.3 Å². The van der Waals surface area contributed by atoms with Crippen molar-refractivity contribution in [2.45, 2.75) is 52.2 Å². The summed E-state index contributed by atoms with van der Waals surface area (Å²) in [5.74, 6) is 0.382. The van der Waals surface area contributed by atoms with Gasteiger partial charge in [0.05, 0.1) is 18.1 Å². The van der Waals surface area contributed by atoms with Crippen LogP contribution in [0.4, 0.5) is 0 Å². The zero-order valence-electron chi connectivity index (χ0n) is 10.2. The van der Waals surface area contributed by atoms with Gasteiger partial charge in [0.2, 0.25) is 0 Å². The Balaban J connectivity index is 2.53. The molecule has 15 heavy (non-hydrogen) atoms. The minimum Gasteiger partial charge on any atom is -0.463 e. The second-order valence-corrected chi connectivity index (χ2v) is 4.74. The van der Waals surface area contributed by atoms with Crippen LogP contribution in [0.5, 0.6) is 0 Å². The molecule has 1 aliphatic rings. The highest BCUT2D eigenvalue weighted by Gasteiger charge is 2.34. The number of carbonyl (C=O) groups is 1. The normalized spacial score (nSPS) is 31.7. The van der Waals surface area contributed by atoms with Crippen LogP contribution in [0, 0.1) is 11.8 Å². The van der Waals surface area contributed by atoms with Crippen LogP contribution in [0.25, 0.3) is 0 Å². The molecule has 0 spiro atoms. The first kappa shape index (κ1) is 12.5. The van der Waals surface area contributed by atoms with Gasteiger partial charge in [0, 0.05) is 7.11 Å². The molecule has 1 fully saturated rings. The van der Waals surface area contributed by atoms with E-state index in [0.29, 0.717) is 5.92 Å². The van der Waals surface area contributed by atoms with Gasteiger partial charge in [-0.15, -0.1) is 0 Å². The molecule has 1 aliphatic carbocycles. The minimum absolute atomic E-state index is 0.0195. The highest BCUT2D eigenvalue weighted by atomic mass is 16.5. The van der Waals surface area contributed by atoms with Crippen LogP contribution in [0.3, 0.4) is 0 Å². The molecule has 3 atom stereocenters. The Hall–Kier alpha value is -0.570. The van der Waals surface area contributed by atoms with E-state index in [4.69, 9.17) is 9.47 Å². The fraction of sp³-hybridized carbons (Fsp3) is 0.917. The van der Waals surface area contributed by atoms with Gasteiger partial charge in [0.1, 0.15) is 0 Å². The molecule has 0 aromatic rings. The van der Waals surface area contributed by atoms with Crippen molar-refractivity contribution in [3.05, 3.63) is 0 Å². The third-order valence-electron chi connectivity index (χ3n) is 3.14. The highest BCUT2D eigenvalue weighted by Crippen LogP contribution is 2.32. The number of hydrogen-bond donors (Lipinski definition) is 0. The molecule has 0 aliphatic heterocycles. The quantitative estimate of drug-likeness (QED) is 0.677. The summed E-state index contributed by atoms with van der Waals surface area (Å²) in [6.45, 7) is 5.90. The number of carbonyl (C=O) groups excluding carboxylic acids is 1. The van der Waals surface area contributed by atoms with E-state index in [1.165, 1.54) is 0 Å². The zero-order valence-corrected chi connectivity index (χ0v) is 10.2. The lowest BCUT2D eigenvalue weighted by atomic mass is 9.79. The Kier molecular flexibility index (Phi) is 4.58. The first-order valence-electron chi connectivity index (χ1n) is 5.77. The summed E-state index contributed by atoms with van der Waals surface area (Å²) in [5, 5.41) is 0. The fourth-order valence-electron chi connectivity index (χ4n) is 2.15. The summed E-state index contributed by atoms with van der Waals surface area (Å²) in [7, 11) is 1.71. The van der Waals surface area contributed by atoms with E-state index < -0.39 is 0 Å². The van der Waals surface area contributed by atoms with Gasteiger partial charge in [-0.05, 0) is 39.0 Å².